The highest BCUT2D eigenvalue weighted by molar-refractivity contribution is 5.78. The van der Waals surface area contributed by atoms with Gasteiger partial charge in [-0.3, -0.25) is 0 Å². The van der Waals surface area contributed by atoms with E-state index in [2.05, 4.69) is 13.8 Å². The number of rotatable bonds is 5. The molecule has 0 aliphatic heterocycles. The minimum absolute atomic E-state index is 0.392. The van der Waals surface area contributed by atoms with Gasteiger partial charge in [-0.2, -0.15) is 0 Å². The minimum Gasteiger partial charge on any atom is -0.495 e. The van der Waals surface area contributed by atoms with Gasteiger partial charge in [0.2, 0.25) is 0 Å². The molecule has 18 heavy (non-hydrogen) atoms. The predicted octanol–water partition coefficient (Wildman–Crippen LogP) is 2.73. The van der Waals surface area contributed by atoms with Crippen molar-refractivity contribution in [3.05, 3.63) is 23.8 Å². The first-order valence-corrected chi connectivity index (χ1v) is 6.02. The number of methoxy groups -OCH3 is 1. The molecule has 4 nitrogen and oxygen atoms in total. The molecule has 0 saturated carbocycles. The van der Waals surface area contributed by atoms with E-state index in [9.17, 15) is 4.79 Å². The molecule has 0 amide bonds. The average Bonchev–Trinajstić information content (AvgIpc) is 2.35. The molecule has 0 saturated heterocycles. The predicted molar refractivity (Wildman–Crippen MR) is 72.6 cm³/mol. The van der Waals surface area contributed by atoms with E-state index in [-0.39, 0.29) is 0 Å². The molecule has 0 aliphatic carbocycles. The van der Waals surface area contributed by atoms with Gasteiger partial charge in [-0.15, -0.1) is 0 Å². The number of aliphatic carboxylic acids is 1. The summed E-state index contributed by atoms with van der Waals surface area (Å²) in [6.07, 6.45) is 0. The van der Waals surface area contributed by atoms with Crippen LogP contribution in [0.3, 0.4) is 0 Å². The lowest BCUT2D eigenvalue weighted by Gasteiger charge is -2.26. The smallest absolute Gasteiger partial charge is 0.326 e. The van der Waals surface area contributed by atoms with Gasteiger partial charge in [-0.05, 0) is 30.5 Å². The fourth-order valence-electron chi connectivity index (χ4n) is 1.72. The molecule has 0 aromatic heterocycles. The van der Waals surface area contributed by atoms with E-state index in [0.717, 1.165) is 11.3 Å². The first kappa shape index (κ1) is 14.4. The quantitative estimate of drug-likeness (QED) is 0.874. The van der Waals surface area contributed by atoms with Gasteiger partial charge in [0.15, 0.2) is 0 Å². The number of benzene rings is 1. The van der Waals surface area contributed by atoms with Crippen molar-refractivity contribution in [1.82, 2.24) is 0 Å². The molecule has 4 heteroatoms. The van der Waals surface area contributed by atoms with Gasteiger partial charge in [-0.1, -0.05) is 19.9 Å². The summed E-state index contributed by atoms with van der Waals surface area (Å²) in [5.41, 5.74) is 1.97. The fraction of sp³-hybridized carbons (Fsp3) is 0.500. The lowest BCUT2D eigenvalue weighted by atomic mass is 10.0. The van der Waals surface area contributed by atoms with Crippen LogP contribution in [0.2, 0.25) is 0 Å². The molecule has 0 bridgehead atoms. The topological polar surface area (TPSA) is 49.8 Å². The van der Waals surface area contributed by atoms with E-state index in [0.29, 0.717) is 11.7 Å². The molecule has 0 fully saturated rings. The Bertz CT molecular complexity index is 429. The number of hydrogen-bond acceptors (Lipinski definition) is 3. The van der Waals surface area contributed by atoms with Crippen molar-refractivity contribution in [3.8, 4) is 5.75 Å². The summed E-state index contributed by atoms with van der Waals surface area (Å²) >= 11 is 0. The van der Waals surface area contributed by atoms with Crippen LogP contribution in [0.5, 0.6) is 5.75 Å². The van der Waals surface area contributed by atoms with Crippen LogP contribution in [-0.2, 0) is 4.79 Å². The monoisotopic (exact) mass is 251 g/mol. The molecule has 1 N–H and O–H groups in total. The number of carbonyl (C=O) groups is 1. The van der Waals surface area contributed by atoms with Crippen LogP contribution in [0.1, 0.15) is 32.3 Å². The Balaban J connectivity index is 3.19. The molecule has 1 aromatic rings. The zero-order chi connectivity index (χ0) is 13.9. The molecule has 1 rings (SSSR count). The molecule has 0 spiro atoms. The van der Waals surface area contributed by atoms with Crippen molar-refractivity contribution in [2.75, 3.05) is 19.1 Å². The summed E-state index contributed by atoms with van der Waals surface area (Å²) in [7, 11) is 3.36. The van der Waals surface area contributed by atoms with Crippen molar-refractivity contribution < 1.29 is 14.6 Å². The first-order chi connectivity index (χ1) is 8.38. The van der Waals surface area contributed by atoms with Crippen LogP contribution in [0.4, 0.5) is 5.69 Å². The van der Waals surface area contributed by atoms with Gasteiger partial charge in [0.05, 0.1) is 12.8 Å². The molecule has 0 aliphatic rings. The Morgan fingerprint density at radius 3 is 2.39 bits per heavy atom. The molecule has 1 unspecified atom stereocenters. The Kier molecular flexibility index (Phi) is 4.59. The normalized spacial score (nSPS) is 12.3. The maximum absolute atomic E-state index is 11.1. The number of likely N-dealkylation sites (N-methyl/N-ethyl adjacent to an activating group) is 1. The van der Waals surface area contributed by atoms with Gasteiger partial charge in [0.1, 0.15) is 11.8 Å². The third-order valence-corrected chi connectivity index (χ3v) is 3.19. The Labute approximate surface area is 108 Å². The zero-order valence-corrected chi connectivity index (χ0v) is 11.6. The molecular formula is C14H21NO3. The van der Waals surface area contributed by atoms with Gasteiger partial charge in [-0.25, -0.2) is 4.79 Å². The van der Waals surface area contributed by atoms with E-state index in [1.54, 1.807) is 26.0 Å². The summed E-state index contributed by atoms with van der Waals surface area (Å²) < 4.78 is 5.30. The second kappa shape index (κ2) is 5.76. The van der Waals surface area contributed by atoms with Crippen LogP contribution in [0, 0.1) is 0 Å². The van der Waals surface area contributed by atoms with Crippen LogP contribution in [0.25, 0.3) is 0 Å². The highest BCUT2D eigenvalue weighted by Gasteiger charge is 2.20. The van der Waals surface area contributed by atoms with Crippen molar-refractivity contribution in [2.24, 2.45) is 0 Å². The third kappa shape index (κ3) is 2.94. The van der Waals surface area contributed by atoms with Crippen molar-refractivity contribution in [3.63, 3.8) is 0 Å². The summed E-state index contributed by atoms with van der Waals surface area (Å²) in [5.74, 6) is 0.229. The van der Waals surface area contributed by atoms with Gasteiger partial charge in [0, 0.05) is 7.05 Å². The lowest BCUT2D eigenvalue weighted by molar-refractivity contribution is -0.138. The highest BCUT2D eigenvalue weighted by atomic mass is 16.5. The van der Waals surface area contributed by atoms with E-state index in [1.165, 1.54) is 0 Å². The fourth-order valence-corrected chi connectivity index (χ4v) is 1.72. The SMILES string of the molecule is COc1ccc(C(C)C)cc1N(C)C(C)C(=O)O. The second-order valence-corrected chi connectivity index (χ2v) is 4.71. The maximum atomic E-state index is 11.1. The number of hydrogen-bond donors (Lipinski definition) is 1. The summed E-state index contributed by atoms with van der Waals surface area (Å²) in [6.45, 7) is 5.86. The van der Waals surface area contributed by atoms with Crippen LogP contribution in [0.15, 0.2) is 18.2 Å². The third-order valence-electron chi connectivity index (χ3n) is 3.19. The largest absolute Gasteiger partial charge is 0.495 e. The highest BCUT2D eigenvalue weighted by Crippen LogP contribution is 2.32. The Morgan fingerprint density at radius 1 is 1.33 bits per heavy atom. The number of ether oxygens (including phenoxy) is 1. The molecule has 0 heterocycles. The van der Waals surface area contributed by atoms with Crippen LogP contribution in [-0.4, -0.2) is 31.3 Å². The number of carboxylic acid groups (broad SMARTS) is 1. The van der Waals surface area contributed by atoms with E-state index < -0.39 is 12.0 Å². The molecular weight excluding hydrogens is 230 g/mol. The molecule has 1 atom stereocenters. The Morgan fingerprint density at radius 2 is 1.94 bits per heavy atom. The molecule has 100 valence electrons. The number of anilines is 1. The average molecular weight is 251 g/mol. The second-order valence-electron chi connectivity index (χ2n) is 4.71. The summed E-state index contributed by atoms with van der Waals surface area (Å²) in [5, 5.41) is 9.07. The van der Waals surface area contributed by atoms with Crippen molar-refractivity contribution in [2.45, 2.75) is 32.7 Å². The zero-order valence-electron chi connectivity index (χ0n) is 11.6. The summed E-state index contributed by atoms with van der Waals surface area (Å²) in [4.78, 5) is 12.8. The van der Waals surface area contributed by atoms with Gasteiger partial charge >= 0.3 is 5.97 Å². The molecule has 0 radical (unpaired) electrons. The lowest BCUT2D eigenvalue weighted by Crippen LogP contribution is -2.36. The first-order valence-electron chi connectivity index (χ1n) is 6.02. The van der Waals surface area contributed by atoms with E-state index in [1.807, 2.05) is 18.2 Å². The van der Waals surface area contributed by atoms with E-state index in [4.69, 9.17) is 9.84 Å². The maximum Gasteiger partial charge on any atom is 0.326 e. The number of carboxylic acids is 1. The van der Waals surface area contributed by atoms with Gasteiger partial charge in [0.25, 0.3) is 0 Å². The number of nitrogens with zero attached hydrogens (tertiary/aromatic N) is 1. The van der Waals surface area contributed by atoms with Crippen molar-refractivity contribution >= 4 is 11.7 Å². The Hall–Kier alpha value is -1.71. The molecule has 1 aromatic carbocycles. The van der Waals surface area contributed by atoms with Crippen LogP contribution >= 0.6 is 0 Å². The van der Waals surface area contributed by atoms with Crippen LogP contribution < -0.4 is 9.64 Å². The van der Waals surface area contributed by atoms with Gasteiger partial charge < -0.3 is 14.7 Å². The van der Waals surface area contributed by atoms with Crippen molar-refractivity contribution in [1.29, 1.82) is 0 Å². The summed E-state index contributed by atoms with van der Waals surface area (Å²) in [6, 6.07) is 5.28. The van der Waals surface area contributed by atoms with E-state index >= 15 is 0 Å². The minimum atomic E-state index is -0.852. The standard InChI is InChI=1S/C14H21NO3/c1-9(2)11-6-7-13(18-5)12(8-11)15(4)10(3)14(16)17/h6-10H,1-5H3,(H,16,17).